The fraction of sp³-hybridized carbons (Fsp3) is 0.100. The second kappa shape index (κ2) is 5.41. The maximum atomic E-state index is 11.8. The Hall–Kier alpha value is -1.22. The molecule has 1 heterocycles. The summed E-state index contributed by atoms with van der Waals surface area (Å²) >= 11 is 3.20. The van der Waals surface area contributed by atoms with Gasteiger partial charge in [-0.05, 0) is 46.3 Å². The summed E-state index contributed by atoms with van der Waals surface area (Å²) in [5.41, 5.74) is 0.966. The summed E-state index contributed by atoms with van der Waals surface area (Å²) in [6, 6.07) is 5.03. The zero-order valence-corrected chi connectivity index (χ0v) is 11.5. The van der Waals surface area contributed by atoms with Crippen LogP contribution in [-0.4, -0.2) is 20.6 Å². The molecule has 0 bridgehead atoms. The Kier molecular flexibility index (Phi) is 3.89. The number of aromatic nitrogens is 2. The highest BCUT2D eigenvalue weighted by molar-refractivity contribution is 14.1. The Morgan fingerprint density at radius 3 is 3.06 bits per heavy atom. The summed E-state index contributed by atoms with van der Waals surface area (Å²) in [6.45, 7) is 0.306. The lowest BCUT2D eigenvalue weighted by atomic mass is 10.2. The van der Waals surface area contributed by atoms with E-state index < -0.39 is 0 Å². The van der Waals surface area contributed by atoms with Gasteiger partial charge in [0.05, 0.1) is 21.4 Å². The van der Waals surface area contributed by atoms with E-state index in [4.69, 9.17) is 0 Å². The molecule has 1 aromatic carbocycles. The van der Waals surface area contributed by atoms with Gasteiger partial charge in [0.2, 0.25) is 0 Å². The molecule has 0 spiro atoms. The molecular formula is C10H8IN3O2S. The van der Waals surface area contributed by atoms with Crippen LogP contribution in [0.3, 0.4) is 0 Å². The molecule has 2 rings (SSSR count). The van der Waals surface area contributed by atoms with Crippen LogP contribution in [0.4, 0.5) is 0 Å². The number of amides is 1. The molecule has 0 aliphatic rings. The molecule has 0 aliphatic carbocycles. The van der Waals surface area contributed by atoms with Crippen molar-refractivity contribution in [1.29, 1.82) is 0 Å². The summed E-state index contributed by atoms with van der Waals surface area (Å²) in [7, 11) is 0. The van der Waals surface area contributed by atoms with Crippen LogP contribution >= 0.6 is 34.1 Å². The molecule has 5 nitrogen and oxygen atoms in total. The van der Waals surface area contributed by atoms with Crippen molar-refractivity contribution in [2.75, 3.05) is 0 Å². The van der Waals surface area contributed by atoms with E-state index in [0.29, 0.717) is 15.8 Å². The normalized spacial score (nSPS) is 10.2. The van der Waals surface area contributed by atoms with Crippen molar-refractivity contribution in [2.45, 2.75) is 6.54 Å². The summed E-state index contributed by atoms with van der Waals surface area (Å²) in [5, 5.41) is 18.0. The molecule has 0 saturated carbocycles. The molecule has 0 saturated heterocycles. The van der Waals surface area contributed by atoms with Gasteiger partial charge in [0.15, 0.2) is 0 Å². The molecule has 0 radical (unpaired) electrons. The fourth-order valence-corrected chi connectivity index (χ4v) is 2.18. The van der Waals surface area contributed by atoms with Gasteiger partial charge in [-0.1, -0.05) is 10.6 Å². The molecule has 17 heavy (non-hydrogen) atoms. The van der Waals surface area contributed by atoms with E-state index >= 15 is 0 Å². The number of nitrogens with zero attached hydrogens (tertiary/aromatic N) is 2. The topological polar surface area (TPSA) is 75.1 Å². The van der Waals surface area contributed by atoms with Crippen LogP contribution in [0.25, 0.3) is 0 Å². The lowest BCUT2D eigenvalue weighted by Crippen LogP contribution is -2.23. The Morgan fingerprint density at radius 2 is 2.35 bits per heavy atom. The van der Waals surface area contributed by atoms with Crippen molar-refractivity contribution in [1.82, 2.24) is 14.9 Å². The van der Waals surface area contributed by atoms with E-state index in [2.05, 4.69) is 14.9 Å². The molecule has 88 valence electrons. The molecule has 1 amide bonds. The second-order valence-corrected chi connectivity index (χ2v) is 4.99. The molecule has 0 atom stereocenters. The van der Waals surface area contributed by atoms with Crippen molar-refractivity contribution in [3.05, 3.63) is 38.4 Å². The van der Waals surface area contributed by atoms with E-state index in [1.165, 1.54) is 11.5 Å². The highest BCUT2D eigenvalue weighted by Gasteiger charge is 2.12. The van der Waals surface area contributed by atoms with Crippen molar-refractivity contribution >= 4 is 40.0 Å². The maximum Gasteiger partial charge on any atom is 0.255 e. The van der Waals surface area contributed by atoms with Gasteiger partial charge in [0.25, 0.3) is 5.91 Å². The number of halogens is 1. The first-order chi connectivity index (χ1) is 8.18. The monoisotopic (exact) mass is 361 g/mol. The van der Waals surface area contributed by atoms with Gasteiger partial charge in [-0.3, -0.25) is 4.79 Å². The lowest BCUT2D eigenvalue weighted by molar-refractivity contribution is 0.0947. The standard InChI is InChI=1S/C10H8IN3O2S/c11-8-3-1-2-7(9(8)15)10(16)12-4-6-5-17-14-13-6/h1-3,5,15H,4H2,(H,12,16). The number of rotatable bonds is 3. The van der Waals surface area contributed by atoms with Crippen molar-refractivity contribution in [2.24, 2.45) is 0 Å². The van der Waals surface area contributed by atoms with Gasteiger partial charge in [-0.25, -0.2) is 0 Å². The smallest absolute Gasteiger partial charge is 0.255 e. The number of benzene rings is 1. The number of hydrogen-bond donors (Lipinski definition) is 2. The molecule has 0 unspecified atom stereocenters. The van der Waals surface area contributed by atoms with Crippen LogP contribution in [0.1, 0.15) is 16.1 Å². The SMILES string of the molecule is O=C(NCc1csnn1)c1cccc(I)c1O. The quantitative estimate of drug-likeness (QED) is 0.818. The Morgan fingerprint density at radius 1 is 1.53 bits per heavy atom. The van der Waals surface area contributed by atoms with Gasteiger partial charge in [-0.15, -0.1) is 5.10 Å². The van der Waals surface area contributed by atoms with Crippen LogP contribution in [0, 0.1) is 3.57 Å². The largest absolute Gasteiger partial charge is 0.506 e. The molecule has 7 heteroatoms. The minimum Gasteiger partial charge on any atom is -0.506 e. The first-order valence-corrected chi connectivity index (χ1v) is 6.61. The minimum atomic E-state index is -0.325. The maximum absolute atomic E-state index is 11.8. The van der Waals surface area contributed by atoms with Gasteiger partial charge in [-0.2, -0.15) is 0 Å². The first-order valence-electron chi connectivity index (χ1n) is 4.70. The van der Waals surface area contributed by atoms with E-state index in [9.17, 15) is 9.90 Å². The molecule has 0 fully saturated rings. The van der Waals surface area contributed by atoms with Crippen molar-refractivity contribution in [3.8, 4) is 5.75 Å². The minimum absolute atomic E-state index is 0.00185. The number of carbonyl (C=O) groups excluding carboxylic acids is 1. The lowest BCUT2D eigenvalue weighted by Gasteiger charge is -2.06. The summed E-state index contributed by atoms with van der Waals surface area (Å²) in [4.78, 5) is 11.8. The number of phenols is 1. The molecule has 0 aliphatic heterocycles. The van der Waals surface area contributed by atoms with Crippen LogP contribution < -0.4 is 5.32 Å². The van der Waals surface area contributed by atoms with Gasteiger partial charge in [0, 0.05) is 5.38 Å². The number of hydrogen-bond acceptors (Lipinski definition) is 5. The molecule has 1 aromatic heterocycles. The molecule has 2 aromatic rings. The zero-order valence-electron chi connectivity index (χ0n) is 8.55. The average molecular weight is 361 g/mol. The third-order valence-corrected chi connectivity index (χ3v) is 3.49. The Balaban J connectivity index is 2.07. The zero-order chi connectivity index (χ0) is 12.3. The number of carbonyl (C=O) groups is 1. The highest BCUT2D eigenvalue weighted by atomic mass is 127. The number of phenolic OH excluding ortho intramolecular Hbond substituents is 1. The van der Waals surface area contributed by atoms with Gasteiger partial charge < -0.3 is 10.4 Å². The second-order valence-electron chi connectivity index (χ2n) is 3.21. The number of aromatic hydroxyl groups is 1. The van der Waals surface area contributed by atoms with Gasteiger partial charge >= 0.3 is 0 Å². The number of para-hydroxylation sites is 1. The van der Waals surface area contributed by atoms with Crippen LogP contribution in [-0.2, 0) is 6.54 Å². The van der Waals surface area contributed by atoms with E-state index in [1.54, 1.807) is 23.6 Å². The van der Waals surface area contributed by atoms with Crippen LogP contribution in [0.15, 0.2) is 23.6 Å². The van der Waals surface area contributed by atoms with E-state index in [0.717, 1.165) is 0 Å². The van der Waals surface area contributed by atoms with Crippen LogP contribution in [0.2, 0.25) is 0 Å². The van der Waals surface area contributed by atoms with Crippen molar-refractivity contribution in [3.63, 3.8) is 0 Å². The predicted octanol–water partition coefficient (Wildman–Crippen LogP) is 1.78. The fourth-order valence-electron chi connectivity index (χ4n) is 1.23. The van der Waals surface area contributed by atoms with E-state index in [1.807, 2.05) is 22.6 Å². The van der Waals surface area contributed by atoms with Crippen molar-refractivity contribution < 1.29 is 9.90 Å². The average Bonchev–Trinajstić information content (AvgIpc) is 2.82. The third-order valence-electron chi connectivity index (χ3n) is 2.07. The third kappa shape index (κ3) is 2.91. The summed E-state index contributed by atoms with van der Waals surface area (Å²) in [5.74, 6) is -0.323. The van der Waals surface area contributed by atoms with Crippen LogP contribution in [0.5, 0.6) is 5.75 Å². The Labute approximate surface area is 115 Å². The highest BCUT2D eigenvalue weighted by Crippen LogP contribution is 2.23. The first kappa shape index (κ1) is 12.2. The molecular weight excluding hydrogens is 353 g/mol. The van der Waals surface area contributed by atoms with E-state index in [-0.39, 0.29) is 17.2 Å². The van der Waals surface area contributed by atoms with Gasteiger partial charge in [0.1, 0.15) is 5.75 Å². The number of nitrogens with one attached hydrogen (secondary N) is 1. The predicted molar refractivity (Wildman–Crippen MR) is 71.9 cm³/mol. The summed E-state index contributed by atoms with van der Waals surface area (Å²) in [6.07, 6.45) is 0. The Bertz CT molecular complexity index is 530. The summed E-state index contributed by atoms with van der Waals surface area (Å²) < 4.78 is 4.34. The molecule has 2 N–H and O–H groups in total.